The van der Waals surface area contributed by atoms with E-state index in [2.05, 4.69) is 5.32 Å². The highest BCUT2D eigenvalue weighted by molar-refractivity contribution is 14.1. The summed E-state index contributed by atoms with van der Waals surface area (Å²) in [7, 11) is 9.44. The van der Waals surface area contributed by atoms with Crippen molar-refractivity contribution in [2.45, 2.75) is 3.61 Å². The van der Waals surface area contributed by atoms with E-state index in [1.54, 1.807) is 45.5 Å². The molecule has 0 aromatic heterocycles. The van der Waals surface area contributed by atoms with Crippen molar-refractivity contribution < 1.29 is 28.8 Å². The molecule has 1 atom stereocenters. The van der Waals surface area contributed by atoms with Gasteiger partial charge in [0, 0.05) is 18.2 Å². The summed E-state index contributed by atoms with van der Waals surface area (Å²) in [4.78, 5) is 0. The summed E-state index contributed by atoms with van der Waals surface area (Å²) < 4.78 is 25.8. The van der Waals surface area contributed by atoms with Gasteiger partial charge in [0.05, 0.1) is 35.5 Å². The first kappa shape index (κ1) is 21.2. The summed E-state index contributed by atoms with van der Waals surface area (Å²) in [6, 6.07) is 6.96. The maximum Gasteiger partial charge on any atom is 0.203 e. The first-order valence-corrected chi connectivity index (χ1v) is 9.12. The number of methoxy groups -OCH3 is 5. The van der Waals surface area contributed by atoms with Crippen molar-refractivity contribution >= 4 is 28.3 Å². The van der Waals surface area contributed by atoms with Crippen molar-refractivity contribution in [2.24, 2.45) is 0 Å². The number of aliphatic hydroxyl groups is 1. The predicted octanol–water partition coefficient (Wildman–Crippen LogP) is 3.40. The van der Waals surface area contributed by atoms with Crippen LogP contribution in [-0.4, -0.2) is 47.7 Å². The van der Waals surface area contributed by atoms with Crippen molar-refractivity contribution in [1.82, 2.24) is 0 Å². The van der Waals surface area contributed by atoms with Crippen LogP contribution in [0.3, 0.4) is 0 Å². The number of nitrogens with one attached hydrogen (secondary N) is 1. The molecule has 2 N–H and O–H groups in total. The molecular weight excluding hydrogens is 465 g/mol. The Morgan fingerprint density at radius 1 is 0.741 bits per heavy atom. The molecule has 27 heavy (non-hydrogen) atoms. The van der Waals surface area contributed by atoms with Gasteiger partial charge >= 0.3 is 0 Å². The molecule has 148 valence electrons. The molecule has 0 amide bonds. The van der Waals surface area contributed by atoms with E-state index in [0.717, 1.165) is 0 Å². The van der Waals surface area contributed by atoms with E-state index in [1.807, 2.05) is 22.6 Å². The Hall–Kier alpha value is -2.07. The number of halogens is 1. The van der Waals surface area contributed by atoms with Crippen LogP contribution in [0.15, 0.2) is 24.3 Å². The van der Waals surface area contributed by atoms with Gasteiger partial charge in [0.2, 0.25) is 5.75 Å². The Bertz CT molecular complexity index is 744. The smallest absolute Gasteiger partial charge is 0.203 e. The number of alkyl halides is 1. The highest BCUT2D eigenvalue weighted by atomic mass is 127. The third-order valence-corrected chi connectivity index (χ3v) is 5.37. The van der Waals surface area contributed by atoms with E-state index < -0.39 is 3.61 Å². The molecule has 0 saturated carbocycles. The quantitative estimate of drug-likeness (QED) is 0.435. The molecule has 0 fully saturated rings. The third kappa shape index (κ3) is 3.68. The lowest BCUT2D eigenvalue weighted by molar-refractivity contribution is 0.189. The van der Waals surface area contributed by atoms with Gasteiger partial charge in [-0.25, -0.2) is 0 Å². The van der Waals surface area contributed by atoms with E-state index in [1.165, 1.54) is 21.3 Å². The fraction of sp³-hybridized carbons (Fsp3) is 0.368. The number of rotatable bonds is 8. The number of benzene rings is 2. The normalized spacial score (nSPS) is 12.7. The molecule has 0 saturated heterocycles. The van der Waals surface area contributed by atoms with Crippen molar-refractivity contribution in [2.75, 3.05) is 47.9 Å². The average Bonchev–Trinajstić information content (AvgIpc) is 2.70. The number of ether oxygens (including phenoxy) is 5. The maximum absolute atomic E-state index is 11.5. The van der Waals surface area contributed by atoms with Crippen molar-refractivity contribution in [3.05, 3.63) is 35.4 Å². The molecule has 0 aliphatic carbocycles. The minimum Gasteiger partial charge on any atom is -0.494 e. The highest BCUT2D eigenvalue weighted by Gasteiger charge is 2.37. The van der Waals surface area contributed by atoms with E-state index >= 15 is 0 Å². The summed E-state index contributed by atoms with van der Waals surface area (Å²) >= 11 is 1.95. The van der Waals surface area contributed by atoms with E-state index in [4.69, 9.17) is 23.7 Å². The van der Waals surface area contributed by atoms with Gasteiger partial charge in [0.15, 0.2) is 20.9 Å². The molecule has 0 heterocycles. The van der Waals surface area contributed by atoms with Crippen LogP contribution in [0, 0.1) is 0 Å². The Kier molecular flexibility index (Phi) is 6.88. The largest absolute Gasteiger partial charge is 0.494 e. The first-order valence-electron chi connectivity index (χ1n) is 8.05. The second-order valence-corrected chi connectivity index (χ2v) is 7.04. The zero-order chi connectivity index (χ0) is 20.2. The standard InChI is InChI=1S/C19H24INO6/c1-21-15-13(23-2)9-7-11(16(15)25-4)19(20,22)12-8-10-14(24-3)18(27-6)17(12)26-5/h7-10,21-22H,1-6H3. The molecule has 7 nitrogen and oxygen atoms in total. The maximum atomic E-state index is 11.5. The Balaban J connectivity index is 2.76. The van der Waals surface area contributed by atoms with Crippen LogP contribution < -0.4 is 29.0 Å². The molecule has 0 aliphatic heterocycles. The van der Waals surface area contributed by atoms with Crippen LogP contribution in [-0.2, 0) is 3.61 Å². The Labute approximate surface area is 172 Å². The van der Waals surface area contributed by atoms with Crippen LogP contribution in [0.2, 0.25) is 0 Å². The van der Waals surface area contributed by atoms with Gasteiger partial charge in [-0.1, -0.05) is 0 Å². The van der Waals surface area contributed by atoms with Gasteiger partial charge in [-0.2, -0.15) is 0 Å². The van der Waals surface area contributed by atoms with Crippen molar-refractivity contribution in [1.29, 1.82) is 0 Å². The number of hydrogen-bond acceptors (Lipinski definition) is 7. The van der Waals surface area contributed by atoms with Crippen LogP contribution >= 0.6 is 22.6 Å². The van der Waals surface area contributed by atoms with Crippen LogP contribution in [0.4, 0.5) is 5.69 Å². The number of hydrogen-bond donors (Lipinski definition) is 2. The Morgan fingerprint density at radius 2 is 1.22 bits per heavy atom. The summed E-state index contributed by atoms with van der Waals surface area (Å²) in [6.45, 7) is 0. The minimum absolute atomic E-state index is 0.373. The van der Waals surface area contributed by atoms with E-state index in [-0.39, 0.29) is 0 Å². The monoisotopic (exact) mass is 489 g/mol. The molecule has 2 aromatic rings. The van der Waals surface area contributed by atoms with Crippen LogP contribution in [0.25, 0.3) is 0 Å². The molecule has 0 bridgehead atoms. The summed E-state index contributed by atoms with van der Waals surface area (Å²) in [5, 5.41) is 14.6. The second kappa shape index (κ2) is 8.75. The Morgan fingerprint density at radius 3 is 1.67 bits per heavy atom. The fourth-order valence-corrected chi connectivity index (χ4v) is 3.80. The van der Waals surface area contributed by atoms with Gasteiger partial charge in [-0.15, -0.1) is 0 Å². The van der Waals surface area contributed by atoms with Gasteiger partial charge < -0.3 is 34.1 Å². The van der Waals surface area contributed by atoms with Crippen LogP contribution in [0.5, 0.6) is 28.7 Å². The predicted molar refractivity (Wildman–Crippen MR) is 112 cm³/mol. The lowest BCUT2D eigenvalue weighted by Gasteiger charge is -2.28. The third-order valence-electron chi connectivity index (χ3n) is 4.21. The van der Waals surface area contributed by atoms with Gasteiger partial charge in [0.25, 0.3) is 0 Å². The average molecular weight is 489 g/mol. The van der Waals surface area contributed by atoms with Gasteiger partial charge in [0.1, 0.15) is 11.4 Å². The fourth-order valence-electron chi connectivity index (χ4n) is 2.95. The molecular formula is C19H24INO6. The number of anilines is 1. The van der Waals surface area contributed by atoms with E-state index in [0.29, 0.717) is 45.6 Å². The van der Waals surface area contributed by atoms with Crippen LogP contribution in [0.1, 0.15) is 11.1 Å². The van der Waals surface area contributed by atoms with Gasteiger partial charge in [-0.3, -0.25) is 0 Å². The highest BCUT2D eigenvalue weighted by Crippen LogP contribution is 2.52. The summed E-state index contributed by atoms with van der Waals surface area (Å²) in [5.74, 6) is 2.34. The zero-order valence-electron chi connectivity index (χ0n) is 16.2. The molecule has 0 spiro atoms. The minimum atomic E-state index is -1.48. The van der Waals surface area contributed by atoms with Crippen molar-refractivity contribution in [3.63, 3.8) is 0 Å². The second-order valence-electron chi connectivity index (χ2n) is 5.48. The van der Waals surface area contributed by atoms with Gasteiger partial charge in [-0.05, 0) is 46.9 Å². The summed E-state index contributed by atoms with van der Waals surface area (Å²) in [5.41, 5.74) is 1.65. The molecule has 2 rings (SSSR count). The summed E-state index contributed by atoms with van der Waals surface area (Å²) in [6.07, 6.45) is 0. The molecule has 2 aromatic carbocycles. The first-order chi connectivity index (χ1) is 12.9. The molecule has 0 radical (unpaired) electrons. The lowest BCUT2D eigenvalue weighted by atomic mass is 9.97. The topological polar surface area (TPSA) is 78.4 Å². The SMILES string of the molecule is CNc1c(OC)ccc(C(O)(I)c2ccc(OC)c(OC)c2OC)c1OC. The van der Waals surface area contributed by atoms with E-state index in [9.17, 15) is 5.11 Å². The lowest BCUT2D eigenvalue weighted by Crippen LogP contribution is -2.21. The molecule has 8 heteroatoms. The molecule has 0 aliphatic rings. The zero-order valence-corrected chi connectivity index (χ0v) is 18.3. The van der Waals surface area contributed by atoms with Crippen molar-refractivity contribution in [3.8, 4) is 28.7 Å². The molecule has 1 unspecified atom stereocenters.